The summed E-state index contributed by atoms with van der Waals surface area (Å²) in [5, 5.41) is 21.3. The van der Waals surface area contributed by atoms with Gasteiger partial charge in [-0.05, 0) is 54.5 Å². The number of fused-ring (bicyclic) bond motifs is 1. The molecular weight excluding hydrogens is 465 g/mol. The number of nitrogens with zero attached hydrogens (tertiary/aromatic N) is 3. The van der Waals surface area contributed by atoms with Gasteiger partial charge in [-0.25, -0.2) is 4.98 Å². The van der Waals surface area contributed by atoms with Crippen molar-refractivity contribution in [3.63, 3.8) is 0 Å². The largest absolute Gasteiger partial charge is 0.484 e. The summed E-state index contributed by atoms with van der Waals surface area (Å²) in [6, 6.07) is 5.28. The highest BCUT2D eigenvalue weighted by atomic mass is 19.4. The van der Waals surface area contributed by atoms with Crippen molar-refractivity contribution in [1.29, 1.82) is 0 Å². The van der Waals surface area contributed by atoms with Crippen LogP contribution in [0.15, 0.2) is 22.6 Å². The summed E-state index contributed by atoms with van der Waals surface area (Å²) in [6.45, 7) is 6.36. The zero-order valence-electron chi connectivity index (χ0n) is 20.7. The second-order valence-electron chi connectivity index (χ2n) is 9.63. The molecule has 192 valence electrons. The quantitative estimate of drug-likeness (QED) is 0.507. The van der Waals surface area contributed by atoms with Crippen LogP contribution in [0.3, 0.4) is 0 Å². The Morgan fingerprint density at radius 1 is 1.11 bits per heavy atom. The second kappa shape index (κ2) is 10.4. The van der Waals surface area contributed by atoms with Crippen LogP contribution >= 0.6 is 0 Å². The minimum absolute atomic E-state index is 0.0900. The molecule has 2 N–H and O–H groups in total. The van der Waals surface area contributed by atoms with E-state index < -0.39 is 18.2 Å². The van der Waals surface area contributed by atoms with Gasteiger partial charge in [0, 0.05) is 25.6 Å². The topological polar surface area (TPSA) is 103 Å². The Labute approximate surface area is 201 Å². The molecule has 2 heterocycles. The number of rotatable bonds is 5. The van der Waals surface area contributed by atoms with Crippen LogP contribution in [0.1, 0.15) is 44.7 Å². The number of aliphatic hydroxyl groups is 1. The normalized spacial score (nSPS) is 18.0. The van der Waals surface area contributed by atoms with Gasteiger partial charge >= 0.3 is 12.2 Å². The van der Waals surface area contributed by atoms with E-state index in [1.54, 1.807) is 32.4 Å². The third kappa shape index (κ3) is 6.82. The van der Waals surface area contributed by atoms with Crippen molar-refractivity contribution in [3.05, 3.63) is 29.3 Å². The zero-order valence-corrected chi connectivity index (χ0v) is 20.7. The average molecular weight is 497 g/mol. The van der Waals surface area contributed by atoms with Gasteiger partial charge in [0.15, 0.2) is 6.61 Å². The van der Waals surface area contributed by atoms with Crippen molar-refractivity contribution >= 4 is 16.9 Å². The number of nitrogens with one attached hydrogen (secondary N) is 1. The molecular formula is C24H31F3N4O4. The first kappa shape index (κ1) is 26.7. The number of halogens is 3. The predicted molar refractivity (Wildman–Crippen MR) is 126 cm³/mol. The van der Waals surface area contributed by atoms with Crippen molar-refractivity contribution in [2.24, 2.45) is 0 Å². The molecule has 3 aromatic rings. The lowest BCUT2D eigenvalue weighted by Gasteiger charge is -2.30. The van der Waals surface area contributed by atoms with Crippen LogP contribution in [0, 0.1) is 6.92 Å². The minimum Gasteiger partial charge on any atom is -0.484 e. The highest BCUT2D eigenvalue weighted by molar-refractivity contribution is 5.89. The van der Waals surface area contributed by atoms with Crippen LogP contribution in [0.25, 0.3) is 22.5 Å². The van der Waals surface area contributed by atoms with Crippen LogP contribution in [-0.4, -0.2) is 59.4 Å². The van der Waals surface area contributed by atoms with E-state index in [4.69, 9.17) is 14.1 Å². The maximum absolute atomic E-state index is 12.7. The molecule has 8 nitrogen and oxygen atoms in total. The van der Waals surface area contributed by atoms with Crippen LogP contribution in [0.2, 0.25) is 0 Å². The highest BCUT2D eigenvalue weighted by Crippen LogP contribution is 2.36. The lowest BCUT2D eigenvalue weighted by molar-refractivity contribution is -0.153. The summed E-state index contributed by atoms with van der Waals surface area (Å²) in [6.07, 6.45) is -3.48. The van der Waals surface area contributed by atoms with Gasteiger partial charge in [0.1, 0.15) is 11.4 Å². The Morgan fingerprint density at radius 3 is 2.34 bits per heavy atom. The van der Waals surface area contributed by atoms with E-state index in [2.05, 4.69) is 20.3 Å². The van der Waals surface area contributed by atoms with E-state index >= 15 is 0 Å². The Hall–Kier alpha value is -2.92. The Kier molecular flexibility index (Phi) is 7.90. The number of aliphatic hydroxyl groups excluding tert-OH is 1. The van der Waals surface area contributed by atoms with E-state index in [9.17, 15) is 18.3 Å². The van der Waals surface area contributed by atoms with Crippen LogP contribution in [0.5, 0.6) is 5.75 Å². The number of hydrogen-bond acceptors (Lipinski definition) is 8. The Balaban J connectivity index is 0.00000108. The smallest absolute Gasteiger partial charge is 0.422 e. The summed E-state index contributed by atoms with van der Waals surface area (Å²) < 4.78 is 53.0. The summed E-state index contributed by atoms with van der Waals surface area (Å²) in [5.74, 6) is 0.374. The molecule has 0 spiro atoms. The fourth-order valence-electron chi connectivity index (χ4n) is 3.66. The first-order valence-corrected chi connectivity index (χ1v) is 11.1. The summed E-state index contributed by atoms with van der Waals surface area (Å²) >= 11 is 0. The molecule has 0 aliphatic heterocycles. The van der Waals surface area contributed by atoms with Crippen molar-refractivity contribution in [2.45, 2.75) is 64.3 Å². The highest BCUT2D eigenvalue weighted by Gasteiger charge is 2.30. The first-order chi connectivity index (χ1) is 16.3. The van der Waals surface area contributed by atoms with Crippen LogP contribution in [0.4, 0.5) is 19.2 Å². The average Bonchev–Trinajstić information content (AvgIpc) is 3.19. The van der Waals surface area contributed by atoms with Crippen molar-refractivity contribution < 1.29 is 32.2 Å². The minimum atomic E-state index is -4.42. The number of alkyl halides is 3. The van der Waals surface area contributed by atoms with Gasteiger partial charge in [-0.1, -0.05) is 25.9 Å². The fraction of sp³-hybridized carbons (Fsp3) is 0.542. The summed E-state index contributed by atoms with van der Waals surface area (Å²) in [7, 11) is 3.25. The van der Waals surface area contributed by atoms with Gasteiger partial charge in [-0.2, -0.15) is 13.2 Å². The molecule has 0 atom stereocenters. The maximum atomic E-state index is 12.7. The lowest BCUT2D eigenvalue weighted by Crippen LogP contribution is -2.39. The molecule has 0 bridgehead atoms. The second-order valence-corrected chi connectivity index (χ2v) is 9.63. The standard InChI is InChI=1S/C22H25F3N4O3.C2H6O/c1-11-5-17(19-28-29-20(32-19)26-12-6-13(30)7-12)27-18-15(11)8-14(31-10-22(23,24)25)9-16(18)21(2,3)4;1-3-2/h5,8-9,12-13,30H,6-7,10H2,1-4H3,(H,26,29);1-2H3. The molecule has 1 fully saturated rings. The van der Waals surface area contributed by atoms with Gasteiger partial charge in [0.25, 0.3) is 5.89 Å². The molecule has 35 heavy (non-hydrogen) atoms. The van der Waals surface area contributed by atoms with E-state index in [-0.39, 0.29) is 29.8 Å². The molecule has 0 saturated heterocycles. The number of aromatic nitrogens is 3. The molecule has 0 radical (unpaired) electrons. The SMILES string of the molecule is COC.Cc1cc(-c2nnc(NC3CC(O)C3)o2)nc2c(C(C)(C)C)cc(OCC(F)(F)F)cc12. The number of pyridine rings is 1. The molecule has 0 amide bonds. The summed E-state index contributed by atoms with van der Waals surface area (Å²) in [5.41, 5.74) is 2.25. The number of methoxy groups -OCH3 is 1. The molecule has 1 aromatic carbocycles. The van der Waals surface area contributed by atoms with E-state index in [1.165, 1.54) is 0 Å². The zero-order chi connectivity index (χ0) is 26.0. The van der Waals surface area contributed by atoms with Gasteiger partial charge in [0.2, 0.25) is 0 Å². The summed E-state index contributed by atoms with van der Waals surface area (Å²) in [4.78, 5) is 4.72. The predicted octanol–water partition coefficient (Wildman–Crippen LogP) is 5.03. The van der Waals surface area contributed by atoms with E-state index in [0.29, 0.717) is 29.4 Å². The van der Waals surface area contributed by atoms with Crippen LogP contribution in [-0.2, 0) is 10.2 Å². The van der Waals surface area contributed by atoms with Crippen LogP contribution < -0.4 is 10.1 Å². The van der Waals surface area contributed by atoms with Crippen molar-refractivity contribution in [2.75, 3.05) is 26.1 Å². The molecule has 1 saturated carbocycles. The Morgan fingerprint density at radius 2 is 1.77 bits per heavy atom. The molecule has 1 aliphatic carbocycles. The molecule has 4 rings (SSSR count). The van der Waals surface area contributed by atoms with E-state index in [1.807, 2.05) is 27.7 Å². The number of hydrogen-bond donors (Lipinski definition) is 2. The number of benzene rings is 1. The van der Waals surface area contributed by atoms with Gasteiger partial charge in [0.05, 0.1) is 11.6 Å². The molecule has 11 heteroatoms. The van der Waals surface area contributed by atoms with Crippen molar-refractivity contribution in [1.82, 2.24) is 15.2 Å². The molecule has 0 unspecified atom stereocenters. The first-order valence-electron chi connectivity index (χ1n) is 11.1. The number of ether oxygens (including phenoxy) is 2. The molecule has 2 aromatic heterocycles. The van der Waals surface area contributed by atoms with Gasteiger partial charge < -0.3 is 24.3 Å². The third-order valence-corrected chi connectivity index (χ3v) is 5.39. The third-order valence-electron chi connectivity index (χ3n) is 5.39. The fourth-order valence-corrected chi connectivity index (χ4v) is 3.66. The van der Waals surface area contributed by atoms with Crippen molar-refractivity contribution in [3.8, 4) is 17.3 Å². The van der Waals surface area contributed by atoms with Gasteiger partial charge in [-0.15, -0.1) is 5.10 Å². The Bertz CT molecular complexity index is 1150. The number of aryl methyl sites for hydroxylation is 1. The monoisotopic (exact) mass is 496 g/mol. The number of anilines is 1. The van der Waals surface area contributed by atoms with Gasteiger partial charge in [-0.3, -0.25) is 0 Å². The molecule has 1 aliphatic rings. The maximum Gasteiger partial charge on any atom is 0.422 e. The lowest BCUT2D eigenvalue weighted by atomic mass is 9.84. The van der Waals surface area contributed by atoms with E-state index in [0.717, 1.165) is 11.1 Å².